The SMILES string of the molecule is Cc1ccc(Oc2cccc(Cl)c2CBr)c(Br)c1. The first-order valence-corrected chi connectivity index (χ1v) is 7.68. The second kappa shape index (κ2) is 6.09. The van der Waals surface area contributed by atoms with Crippen molar-refractivity contribution >= 4 is 43.5 Å². The molecule has 0 amide bonds. The lowest BCUT2D eigenvalue weighted by molar-refractivity contribution is 0.475. The maximum Gasteiger partial charge on any atom is 0.141 e. The van der Waals surface area contributed by atoms with Crippen LogP contribution in [-0.2, 0) is 5.33 Å². The van der Waals surface area contributed by atoms with Crippen LogP contribution in [0.25, 0.3) is 0 Å². The van der Waals surface area contributed by atoms with Crippen molar-refractivity contribution in [3.8, 4) is 11.5 Å². The molecule has 0 aliphatic heterocycles. The molecular formula is C14H11Br2ClO. The fourth-order valence-corrected chi connectivity index (χ4v) is 3.12. The summed E-state index contributed by atoms with van der Waals surface area (Å²) >= 11 is 13.1. The lowest BCUT2D eigenvalue weighted by Gasteiger charge is -2.12. The highest BCUT2D eigenvalue weighted by atomic mass is 79.9. The van der Waals surface area contributed by atoms with E-state index in [-0.39, 0.29) is 0 Å². The number of rotatable bonds is 3. The first kappa shape index (κ1) is 13.9. The maximum atomic E-state index is 6.14. The Morgan fingerprint density at radius 1 is 1.17 bits per heavy atom. The Morgan fingerprint density at radius 3 is 2.61 bits per heavy atom. The van der Waals surface area contributed by atoms with E-state index in [1.807, 2.05) is 43.3 Å². The van der Waals surface area contributed by atoms with Gasteiger partial charge in [0.2, 0.25) is 0 Å². The first-order valence-electron chi connectivity index (χ1n) is 5.39. The molecule has 0 radical (unpaired) electrons. The molecule has 4 heteroatoms. The second-order valence-corrected chi connectivity index (χ2v) is 5.71. The van der Waals surface area contributed by atoms with Crippen molar-refractivity contribution in [1.29, 1.82) is 0 Å². The van der Waals surface area contributed by atoms with Crippen LogP contribution in [0.2, 0.25) is 5.02 Å². The number of alkyl halides is 1. The fraction of sp³-hybridized carbons (Fsp3) is 0.143. The smallest absolute Gasteiger partial charge is 0.141 e. The Bertz CT molecular complexity index is 570. The molecule has 0 aliphatic rings. The van der Waals surface area contributed by atoms with Gasteiger partial charge in [0, 0.05) is 15.9 Å². The summed E-state index contributed by atoms with van der Waals surface area (Å²) in [6, 6.07) is 11.6. The molecule has 0 spiro atoms. The van der Waals surface area contributed by atoms with Crippen LogP contribution >= 0.6 is 43.5 Å². The van der Waals surface area contributed by atoms with E-state index >= 15 is 0 Å². The zero-order chi connectivity index (χ0) is 13.1. The van der Waals surface area contributed by atoms with Crippen LogP contribution in [0, 0.1) is 6.92 Å². The number of ether oxygens (including phenoxy) is 1. The standard InChI is InChI=1S/C14H11Br2ClO/c1-9-5-6-14(11(16)7-9)18-13-4-2-3-12(17)10(13)8-15/h2-7H,8H2,1H3. The van der Waals surface area contributed by atoms with Gasteiger partial charge in [0.15, 0.2) is 0 Å². The average molecular weight is 391 g/mol. The van der Waals surface area contributed by atoms with E-state index in [0.29, 0.717) is 10.4 Å². The number of aryl methyl sites for hydroxylation is 1. The summed E-state index contributed by atoms with van der Waals surface area (Å²) < 4.78 is 6.84. The van der Waals surface area contributed by atoms with Gasteiger partial charge < -0.3 is 4.74 Å². The van der Waals surface area contributed by atoms with E-state index in [2.05, 4.69) is 31.9 Å². The summed E-state index contributed by atoms with van der Waals surface area (Å²) in [7, 11) is 0. The largest absolute Gasteiger partial charge is 0.456 e. The van der Waals surface area contributed by atoms with Gasteiger partial charge in [-0.05, 0) is 52.7 Å². The van der Waals surface area contributed by atoms with Gasteiger partial charge in [-0.15, -0.1) is 0 Å². The van der Waals surface area contributed by atoms with Gasteiger partial charge in [0.05, 0.1) is 4.47 Å². The predicted octanol–water partition coefficient (Wildman–Crippen LogP) is 6.10. The molecule has 2 aromatic rings. The minimum atomic E-state index is 0.658. The first-order chi connectivity index (χ1) is 8.61. The van der Waals surface area contributed by atoms with Gasteiger partial charge >= 0.3 is 0 Å². The van der Waals surface area contributed by atoms with Crippen molar-refractivity contribution in [3.05, 3.63) is 57.0 Å². The molecule has 2 rings (SSSR count). The lowest BCUT2D eigenvalue weighted by atomic mass is 10.2. The van der Waals surface area contributed by atoms with Crippen molar-refractivity contribution in [2.24, 2.45) is 0 Å². The number of hydrogen-bond donors (Lipinski definition) is 0. The Morgan fingerprint density at radius 2 is 1.94 bits per heavy atom. The molecule has 0 saturated heterocycles. The van der Waals surface area contributed by atoms with Crippen LogP contribution < -0.4 is 4.74 Å². The normalized spacial score (nSPS) is 10.4. The zero-order valence-corrected chi connectivity index (χ0v) is 13.6. The van der Waals surface area contributed by atoms with Gasteiger partial charge in [0.25, 0.3) is 0 Å². The summed E-state index contributed by atoms with van der Waals surface area (Å²) in [4.78, 5) is 0. The molecule has 0 atom stereocenters. The van der Waals surface area contributed by atoms with Crippen LogP contribution in [-0.4, -0.2) is 0 Å². The molecule has 0 aliphatic carbocycles. The molecule has 94 valence electrons. The second-order valence-electron chi connectivity index (χ2n) is 3.89. The van der Waals surface area contributed by atoms with E-state index in [1.54, 1.807) is 0 Å². The van der Waals surface area contributed by atoms with Crippen LogP contribution in [0.15, 0.2) is 40.9 Å². The molecule has 0 aromatic heterocycles. The van der Waals surface area contributed by atoms with Crippen molar-refractivity contribution in [2.45, 2.75) is 12.3 Å². The topological polar surface area (TPSA) is 9.23 Å². The Labute approximate surface area is 128 Å². The van der Waals surface area contributed by atoms with E-state index < -0.39 is 0 Å². The summed E-state index contributed by atoms with van der Waals surface area (Å²) in [6.07, 6.45) is 0. The number of hydrogen-bond acceptors (Lipinski definition) is 1. The monoisotopic (exact) mass is 388 g/mol. The van der Waals surface area contributed by atoms with Gasteiger partial charge in [-0.1, -0.05) is 39.7 Å². The lowest BCUT2D eigenvalue weighted by Crippen LogP contribution is -1.91. The van der Waals surface area contributed by atoms with Crippen LogP contribution in [0.5, 0.6) is 11.5 Å². The molecule has 0 N–H and O–H groups in total. The predicted molar refractivity (Wildman–Crippen MR) is 83.0 cm³/mol. The summed E-state index contributed by atoms with van der Waals surface area (Å²) in [6.45, 7) is 2.04. The fourth-order valence-electron chi connectivity index (χ4n) is 1.57. The van der Waals surface area contributed by atoms with Crippen LogP contribution in [0.4, 0.5) is 0 Å². The summed E-state index contributed by atoms with van der Waals surface area (Å²) in [5.41, 5.74) is 2.13. The van der Waals surface area contributed by atoms with E-state index in [0.717, 1.165) is 21.5 Å². The van der Waals surface area contributed by atoms with Gasteiger partial charge in [-0.3, -0.25) is 0 Å². The molecule has 0 fully saturated rings. The Balaban J connectivity index is 2.37. The molecule has 2 aromatic carbocycles. The molecule has 1 nitrogen and oxygen atoms in total. The number of benzene rings is 2. The molecule has 0 heterocycles. The third-order valence-electron chi connectivity index (χ3n) is 2.52. The zero-order valence-electron chi connectivity index (χ0n) is 9.71. The third kappa shape index (κ3) is 3.08. The maximum absolute atomic E-state index is 6.14. The van der Waals surface area contributed by atoms with Crippen LogP contribution in [0.1, 0.15) is 11.1 Å². The minimum Gasteiger partial charge on any atom is -0.456 e. The van der Waals surface area contributed by atoms with E-state index in [4.69, 9.17) is 16.3 Å². The highest BCUT2D eigenvalue weighted by Crippen LogP contribution is 2.35. The third-order valence-corrected chi connectivity index (χ3v) is 4.05. The molecular weight excluding hydrogens is 379 g/mol. The summed E-state index contributed by atoms with van der Waals surface area (Å²) in [5, 5.41) is 1.36. The molecule has 18 heavy (non-hydrogen) atoms. The Kier molecular flexibility index (Phi) is 4.71. The highest BCUT2D eigenvalue weighted by molar-refractivity contribution is 9.10. The van der Waals surface area contributed by atoms with Crippen molar-refractivity contribution in [3.63, 3.8) is 0 Å². The van der Waals surface area contributed by atoms with Crippen molar-refractivity contribution in [1.82, 2.24) is 0 Å². The van der Waals surface area contributed by atoms with Crippen molar-refractivity contribution < 1.29 is 4.74 Å². The average Bonchev–Trinajstić information content (AvgIpc) is 2.33. The molecule has 0 saturated carbocycles. The van der Waals surface area contributed by atoms with E-state index in [1.165, 1.54) is 5.56 Å². The quantitative estimate of drug-likeness (QED) is 0.576. The molecule has 0 bridgehead atoms. The van der Waals surface area contributed by atoms with E-state index in [9.17, 15) is 0 Å². The van der Waals surface area contributed by atoms with Gasteiger partial charge in [-0.25, -0.2) is 0 Å². The van der Waals surface area contributed by atoms with Gasteiger partial charge in [-0.2, -0.15) is 0 Å². The van der Waals surface area contributed by atoms with Gasteiger partial charge in [0.1, 0.15) is 11.5 Å². The summed E-state index contributed by atoms with van der Waals surface area (Å²) in [5.74, 6) is 1.55. The Hall–Kier alpha value is -0.510. The van der Waals surface area contributed by atoms with Crippen LogP contribution in [0.3, 0.4) is 0 Å². The molecule has 0 unspecified atom stereocenters. The van der Waals surface area contributed by atoms with Crippen molar-refractivity contribution in [2.75, 3.05) is 0 Å². The number of halogens is 3. The minimum absolute atomic E-state index is 0.658. The highest BCUT2D eigenvalue weighted by Gasteiger charge is 2.09.